The summed E-state index contributed by atoms with van der Waals surface area (Å²) >= 11 is 0. The van der Waals surface area contributed by atoms with Crippen molar-refractivity contribution in [3.8, 4) is 0 Å². The molecule has 0 aliphatic rings. The normalized spacial score (nSPS) is 12.0. The summed E-state index contributed by atoms with van der Waals surface area (Å²) in [6.45, 7) is 10.9. The molecule has 0 bridgehead atoms. The van der Waals surface area contributed by atoms with Gasteiger partial charge in [-0.05, 0) is 54.9 Å². The Bertz CT molecular complexity index is 885. The van der Waals surface area contributed by atoms with Crippen LogP contribution in [0.1, 0.15) is 36.6 Å². The summed E-state index contributed by atoms with van der Waals surface area (Å²) in [5.74, 6) is 0. The maximum atomic E-state index is 3.76. The van der Waals surface area contributed by atoms with Crippen LogP contribution in [0.4, 0.5) is 11.4 Å². The first-order valence-corrected chi connectivity index (χ1v) is 11.0. The molecule has 0 aromatic heterocycles. The number of para-hydroxylation sites is 1. The Morgan fingerprint density at radius 1 is 0.733 bits per heavy atom. The number of hydrogen-bond acceptors (Lipinski definition) is 3. The molecular weight excluding hydrogens is 366 g/mol. The smallest absolute Gasteiger partial charge is 0.0767 e. The van der Waals surface area contributed by atoms with Crippen LogP contribution < -0.4 is 10.2 Å². The molecule has 30 heavy (non-hydrogen) atoms. The van der Waals surface area contributed by atoms with E-state index in [0.29, 0.717) is 0 Å². The second-order valence-corrected chi connectivity index (χ2v) is 7.84. The van der Waals surface area contributed by atoms with E-state index in [0.717, 1.165) is 26.2 Å². The minimum atomic E-state index is 0.113. The van der Waals surface area contributed by atoms with Gasteiger partial charge in [0.25, 0.3) is 0 Å². The van der Waals surface area contributed by atoms with Crippen LogP contribution in [-0.4, -0.2) is 38.1 Å². The van der Waals surface area contributed by atoms with Crippen molar-refractivity contribution < 1.29 is 0 Å². The first kappa shape index (κ1) is 21.9. The van der Waals surface area contributed by atoms with E-state index in [1.54, 1.807) is 0 Å². The fourth-order valence-electron chi connectivity index (χ4n) is 3.78. The van der Waals surface area contributed by atoms with E-state index in [2.05, 4.69) is 122 Å². The fraction of sp³-hybridized carbons (Fsp3) is 0.333. The maximum Gasteiger partial charge on any atom is 0.0767 e. The van der Waals surface area contributed by atoms with Gasteiger partial charge in [-0.3, -0.25) is 0 Å². The van der Waals surface area contributed by atoms with E-state index in [-0.39, 0.29) is 6.04 Å². The van der Waals surface area contributed by atoms with Crippen LogP contribution in [0, 0.1) is 6.92 Å². The summed E-state index contributed by atoms with van der Waals surface area (Å²) in [6.07, 6.45) is 0. The Morgan fingerprint density at radius 2 is 1.33 bits per heavy atom. The second-order valence-electron chi connectivity index (χ2n) is 7.84. The number of nitrogens with one attached hydrogen (secondary N) is 1. The first-order valence-electron chi connectivity index (χ1n) is 11.0. The lowest BCUT2D eigenvalue weighted by molar-refractivity contribution is 0.311. The molecule has 1 atom stereocenters. The highest BCUT2D eigenvalue weighted by Gasteiger charge is 2.15. The molecular formula is C27H35N3. The molecule has 0 radical (unpaired) electrons. The van der Waals surface area contributed by atoms with Gasteiger partial charge in [0.1, 0.15) is 0 Å². The van der Waals surface area contributed by atoms with E-state index in [1.165, 1.54) is 28.1 Å². The van der Waals surface area contributed by atoms with Crippen molar-refractivity contribution in [3.05, 3.63) is 95.6 Å². The van der Waals surface area contributed by atoms with E-state index in [9.17, 15) is 0 Å². The van der Waals surface area contributed by atoms with Gasteiger partial charge in [0.15, 0.2) is 0 Å². The zero-order valence-electron chi connectivity index (χ0n) is 18.8. The molecule has 158 valence electrons. The predicted molar refractivity (Wildman–Crippen MR) is 131 cm³/mol. The maximum absolute atomic E-state index is 3.76. The summed E-state index contributed by atoms with van der Waals surface area (Å²) in [5, 5.41) is 3.76. The minimum absolute atomic E-state index is 0.113. The van der Waals surface area contributed by atoms with Crippen LogP contribution >= 0.6 is 0 Å². The number of rotatable bonds is 10. The Morgan fingerprint density at radius 3 is 1.97 bits per heavy atom. The lowest BCUT2D eigenvalue weighted by atomic mass is 9.97. The Labute approximate surface area is 182 Å². The molecule has 3 heteroatoms. The quantitative estimate of drug-likeness (QED) is 0.451. The zero-order valence-corrected chi connectivity index (χ0v) is 18.8. The molecule has 1 unspecified atom stereocenters. The molecule has 0 spiro atoms. The summed E-state index contributed by atoms with van der Waals surface area (Å²) < 4.78 is 0. The number of nitrogens with zero attached hydrogens (tertiary/aromatic N) is 2. The lowest BCUT2D eigenvalue weighted by Crippen LogP contribution is -2.33. The van der Waals surface area contributed by atoms with Crippen molar-refractivity contribution in [2.24, 2.45) is 0 Å². The van der Waals surface area contributed by atoms with Gasteiger partial charge in [0, 0.05) is 31.5 Å². The van der Waals surface area contributed by atoms with Gasteiger partial charge in [0.05, 0.1) is 6.04 Å². The number of anilines is 2. The summed E-state index contributed by atoms with van der Waals surface area (Å²) in [7, 11) is 2.18. The average molecular weight is 402 g/mol. The van der Waals surface area contributed by atoms with E-state index in [1.807, 2.05) is 0 Å². The van der Waals surface area contributed by atoms with Gasteiger partial charge in [-0.25, -0.2) is 0 Å². The van der Waals surface area contributed by atoms with Crippen molar-refractivity contribution in [2.45, 2.75) is 26.8 Å². The fourth-order valence-corrected chi connectivity index (χ4v) is 3.78. The van der Waals surface area contributed by atoms with Crippen LogP contribution in [0.3, 0.4) is 0 Å². The number of hydrogen-bond donors (Lipinski definition) is 1. The molecule has 0 saturated heterocycles. The highest BCUT2D eigenvalue weighted by molar-refractivity contribution is 5.55. The van der Waals surface area contributed by atoms with Crippen molar-refractivity contribution >= 4 is 11.4 Å². The highest BCUT2D eigenvalue weighted by Crippen LogP contribution is 2.29. The van der Waals surface area contributed by atoms with Gasteiger partial charge in [0.2, 0.25) is 0 Å². The molecule has 0 heterocycles. The van der Waals surface area contributed by atoms with E-state index < -0.39 is 0 Å². The largest absolute Gasteiger partial charge is 0.374 e. The van der Waals surface area contributed by atoms with Gasteiger partial charge < -0.3 is 15.1 Å². The Hall–Kier alpha value is -2.78. The van der Waals surface area contributed by atoms with Crippen molar-refractivity contribution in [1.82, 2.24) is 4.90 Å². The summed E-state index contributed by atoms with van der Waals surface area (Å²) in [6, 6.07) is 28.3. The molecule has 0 saturated carbocycles. The van der Waals surface area contributed by atoms with Crippen LogP contribution in [0.15, 0.2) is 78.9 Å². The van der Waals surface area contributed by atoms with Gasteiger partial charge in [-0.1, -0.05) is 74.5 Å². The zero-order chi connectivity index (χ0) is 21.3. The number of aryl methyl sites for hydroxylation is 1. The highest BCUT2D eigenvalue weighted by atomic mass is 15.2. The molecule has 0 aliphatic heterocycles. The lowest BCUT2D eigenvalue weighted by Gasteiger charge is -2.26. The van der Waals surface area contributed by atoms with Crippen LogP contribution in [0.5, 0.6) is 0 Å². The third-order valence-electron chi connectivity index (χ3n) is 5.89. The van der Waals surface area contributed by atoms with Crippen LogP contribution in [-0.2, 0) is 0 Å². The molecule has 3 rings (SSSR count). The minimum Gasteiger partial charge on any atom is -0.374 e. The topological polar surface area (TPSA) is 18.5 Å². The third-order valence-corrected chi connectivity index (χ3v) is 5.89. The van der Waals surface area contributed by atoms with E-state index >= 15 is 0 Å². The molecule has 3 aromatic carbocycles. The Balaban J connectivity index is 1.79. The van der Waals surface area contributed by atoms with Crippen molar-refractivity contribution in [3.63, 3.8) is 0 Å². The van der Waals surface area contributed by atoms with Gasteiger partial charge >= 0.3 is 0 Å². The number of likely N-dealkylation sites (N-methyl/N-ethyl adjacent to an activating group) is 2. The van der Waals surface area contributed by atoms with Gasteiger partial charge in [-0.2, -0.15) is 0 Å². The molecule has 0 amide bonds. The second kappa shape index (κ2) is 10.8. The van der Waals surface area contributed by atoms with E-state index in [4.69, 9.17) is 0 Å². The molecule has 0 aliphatic carbocycles. The molecule has 3 aromatic rings. The standard InChI is InChI=1S/C27H35N3/c1-5-30(6-2)21-20-29(4)25-18-16-24(17-19-25)27(23-13-8-7-9-14-23)28-26-15-11-10-12-22(26)3/h7-19,27-28H,5-6,20-21H2,1-4H3. The number of benzene rings is 3. The first-order chi connectivity index (χ1) is 14.6. The van der Waals surface area contributed by atoms with Crippen LogP contribution in [0.25, 0.3) is 0 Å². The monoisotopic (exact) mass is 401 g/mol. The molecule has 3 nitrogen and oxygen atoms in total. The molecule has 1 N–H and O–H groups in total. The summed E-state index contributed by atoms with van der Waals surface area (Å²) in [4.78, 5) is 4.80. The Kier molecular flexibility index (Phi) is 7.92. The van der Waals surface area contributed by atoms with Gasteiger partial charge in [-0.15, -0.1) is 0 Å². The third kappa shape index (κ3) is 5.64. The van der Waals surface area contributed by atoms with Crippen LogP contribution in [0.2, 0.25) is 0 Å². The molecule has 0 fully saturated rings. The summed E-state index contributed by atoms with van der Waals surface area (Å²) in [5.41, 5.74) is 6.22. The van der Waals surface area contributed by atoms with Crippen molar-refractivity contribution in [2.75, 3.05) is 43.4 Å². The SMILES string of the molecule is CCN(CC)CCN(C)c1ccc(C(Nc2ccccc2C)c2ccccc2)cc1. The average Bonchev–Trinajstić information content (AvgIpc) is 2.80. The van der Waals surface area contributed by atoms with Crippen molar-refractivity contribution in [1.29, 1.82) is 0 Å². The predicted octanol–water partition coefficient (Wildman–Crippen LogP) is 5.97.